The molecule has 0 aliphatic carbocycles. The van der Waals surface area contributed by atoms with E-state index in [-0.39, 0.29) is 5.56 Å². The Morgan fingerprint density at radius 1 is 1.33 bits per heavy atom. The monoisotopic (exact) mass is 242 g/mol. The van der Waals surface area contributed by atoms with Crippen LogP contribution in [-0.2, 0) is 6.54 Å². The van der Waals surface area contributed by atoms with Crippen LogP contribution in [0.25, 0.3) is 0 Å². The van der Waals surface area contributed by atoms with Crippen LogP contribution >= 0.6 is 0 Å². The van der Waals surface area contributed by atoms with Crippen LogP contribution in [0.2, 0.25) is 0 Å². The molecule has 2 rings (SSSR count). The molecule has 0 aliphatic heterocycles. The molecule has 2 aromatic rings. The van der Waals surface area contributed by atoms with Gasteiger partial charge in [-0.25, -0.2) is 4.79 Å². The molecule has 0 bridgehead atoms. The van der Waals surface area contributed by atoms with Crippen LogP contribution in [0.3, 0.4) is 0 Å². The van der Waals surface area contributed by atoms with Crippen LogP contribution in [0.4, 0.5) is 5.69 Å². The predicted octanol–water partition coefficient (Wildman–Crippen LogP) is 2.70. The predicted molar refractivity (Wildman–Crippen MR) is 69.7 cm³/mol. The summed E-state index contributed by atoms with van der Waals surface area (Å²) >= 11 is 0. The molecular weight excluding hydrogens is 228 g/mol. The lowest BCUT2D eigenvalue weighted by Gasteiger charge is -2.10. The zero-order chi connectivity index (χ0) is 13.0. The van der Waals surface area contributed by atoms with Gasteiger partial charge in [0.1, 0.15) is 0 Å². The molecule has 0 aliphatic rings. The molecule has 1 aromatic heterocycles. The first-order valence-electron chi connectivity index (χ1n) is 5.64. The molecule has 1 aromatic carbocycles. The second-order valence-corrected chi connectivity index (χ2v) is 4.03. The van der Waals surface area contributed by atoms with Crippen LogP contribution in [0.15, 0.2) is 42.6 Å². The van der Waals surface area contributed by atoms with Crippen molar-refractivity contribution in [2.45, 2.75) is 13.5 Å². The second kappa shape index (κ2) is 5.31. The van der Waals surface area contributed by atoms with Crippen molar-refractivity contribution in [2.24, 2.45) is 0 Å². The van der Waals surface area contributed by atoms with E-state index in [0.29, 0.717) is 12.2 Å². The highest BCUT2D eigenvalue weighted by atomic mass is 16.4. The van der Waals surface area contributed by atoms with E-state index in [1.807, 2.05) is 31.2 Å². The second-order valence-electron chi connectivity index (χ2n) is 4.03. The maximum absolute atomic E-state index is 11.1. The Balaban J connectivity index is 2.18. The quantitative estimate of drug-likeness (QED) is 0.865. The number of rotatable bonds is 4. The average molecular weight is 242 g/mol. The number of carboxylic acid groups (broad SMARTS) is 1. The maximum atomic E-state index is 11.1. The highest BCUT2D eigenvalue weighted by molar-refractivity contribution is 5.94. The number of aromatic nitrogens is 1. The first-order valence-corrected chi connectivity index (χ1v) is 5.64. The van der Waals surface area contributed by atoms with Gasteiger partial charge in [0, 0.05) is 11.9 Å². The number of carboxylic acids is 1. The largest absolute Gasteiger partial charge is 0.478 e. The Morgan fingerprint density at radius 3 is 2.83 bits per heavy atom. The number of aromatic carboxylic acids is 1. The van der Waals surface area contributed by atoms with Gasteiger partial charge in [-0.15, -0.1) is 0 Å². The van der Waals surface area contributed by atoms with Crippen molar-refractivity contribution in [2.75, 3.05) is 5.32 Å². The molecule has 4 heteroatoms. The van der Waals surface area contributed by atoms with E-state index in [0.717, 1.165) is 11.3 Å². The Bertz CT molecular complexity index is 553. The molecule has 0 fully saturated rings. The molecule has 0 saturated carbocycles. The number of carbonyl (C=O) groups is 1. The SMILES string of the molecule is Cc1ccc(C(=O)O)c(NCc2ccccn2)c1. The number of anilines is 1. The summed E-state index contributed by atoms with van der Waals surface area (Å²) in [5.74, 6) is -0.932. The molecule has 2 N–H and O–H groups in total. The van der Waals surface area contributed by atoms with E-state index in [1.54, 1.807) is 18.3 Å². The van der Waals surface area contributed by atoms with E-state index in [4.69, 9.17) is 5.11 Å². The van der Waals surface area contributed by atoms with Crippen molar-refractivity contribution < 1.29 is 9.90 Å². The van der Waals surface area contributed by atoms with Gasteiger partial charge < -0.3 is 10.4 Å². The Hall–Kier alpha value is -2.36. The van der Waals surface area contributed by atoms with Crippen molar-refractivity contribution in [3.05, 3.63) is 59.4 Å². The summed E-state index contributed by atoms with van der Waals surface area (Å²) in [7, 11) is 0. The Morgan fingerprint density at radius 2 is 2.17 bits per heavy atom. The summed E-state index contributed by atoms with van der Waals surface area (Å²) in [6.07, 6.45) is 1.71. The minimum absolute atomic E-state index is 0.275. The van der Waals surface area contributed by atoms with Gasteiger partial charge in [0.25, 0.3) is 0 Å². The van der Waals surface area contributed by atoms with Crippen molar-refractivity contribution in [3.63, 3.8) is 0 Å². The van der Waals surface area contributed by atoms with Crippen LogP contribution in [0, 0.1) is 6.92 Å². The number of benzene rings is 1. The first kappa shape index (κ1) is 12.1. The van der Waals surface area contributed by atoms with Crippen LogP contribution < -0.4 is 5.32 Å². The number of hydrogen-bond acceptors (Lipinski definition) is 3. The number of hydrogen-bond donors (Lipinski definition) is 2. The van der Waals surface area contributed by atoms with Gasteiger partial charge in [0.15, 0.2) is 0 Å². The zero-order valence-electron chi connectivity index (χ0n) is 10.1. The molecule has 0 spiro atoms. The van der Waals surface area contributed by atoms with Crippen LogP contribution in [0.1, 0.15) is 21.6 Å². The third-order valence-corrected chi connectivity index (χ3v) is 2.59. The van der Waals surface area contributed by atoms with Gasteiger partial charge in [0.05, 0.1) is 17.8 Å². The number of aryl methyl sites for hydroxylation is 1. The summed E-state index contributed by atoms with van der Waals surface area (Å²) in [6.45, 7) is 2.43. The molecule has 4 nitrogen and oxygen atoms in total. The molecule has 0 radical (unpaired) electrons. The lowest BCUT2D eigenvalue weighted by molar-refractivity contribution is 0.0698. The third kappa shape index (κ3) is 2.85. The van der Waals surface area contributed by atoms with Gasteiger partial charge in [-0.05, 0) is 36.8 Å². The van der Waals surface area contributed by atoms with E-state index in [1.165, 1.54) is 0 Å². The molecule has 92 valence electrons. The molecule has 0 atom stereocenters. The topological polar surface area (TPSA) is 62.2 Å². The van der Waals surface area contributed by atoms with Crippen LogP contribution in [-0.4, -0.2) is 16.1 Å². The highest BCUT2D eigenvalue weighted by Gasteiger charge is 2.09. The number of nitrogens with zero attached hydrogens (tertiary/aromatic N) is 1. The summed E-state index contributed by atoms with van der Waals surface area (Å²) < 4.78 is 0. The standard InChI is InChI=1S/C14H14N2O2/c1-10-5-6-12(14(17)18)13(8-10)16-9-11-4-2-3-7-15-11/h2-8,16H,9H2,1H3,(H,17,18). The number of nitrogens with one attached hydrogen (secondary N) is 1. The maximum Gasteiger partial charge on any atom is 0.337 e. The molecule has 0 unspecified atom stereocenters. The summed E-state index contributed by atoms with van der Waals surface area (Å²) in [6, 6.07) is 10.9. The minimum Gasteiger partial charge on any atom is -0.478 e. The zero-order valence-corrected chi connectivity index (χ0v) is 10.1. The van der Waals surface area contributed by atoms with Gasteiger partial charge >= 0.3 is 5.97 Å². The van der Waals surface area contributed by atoms with Gasteiger partial charge in [-0.3, -0.25) is 4.98 Å². The number of pyridine rings is 1. The van der Waals surface area contributed by atoms with E-state index in [9.17, 15) is 4.79 Å². The molecule has 0 saturated heterocycles. The average Bonchev–Trinajstić information content (AvgIpc) is 2.37. The highest BCUT2D eigenvalue weighted by Crippen LogP contribution is 2.18. The van der Waals surface area contributed by atoms with Crippen molar-refractivity contribution in [3.8, 4) is 0 Å². The molecule has 18 heavy (non-hydrogen) atoms. The summed E-state index contributed by atoms with van der Waals surface area (Å²) in [5, 5.41) is 12.2. The smallest absolute Gasteiger partial charge is 0.337 e. The van der Waals surface area contributed by atoms with Crippen molar-refractivity contribution in [1.29, 1.82) is 0 Å². The lowest BCUT2D eigenvalue weighted by atomic mass is 10.1. The molecule has 0 amide bonds. The van der Waals surface area contributed by atoms with E-state index >= 15 is 0 Å². The Labute approximate surface area is 105 Å². The van der Waals surface area contributed by atoms with Crippen molar-refractivity contribution in [1.82, 2.24) is 4.98 Å². The molecular formula is C14H14N2O2. The van der Waals surface area contributed by atoms with Gasteiger partial charge in [-0.1, -0.05) is 12.1 Å². The van der Waals surface area contributed by atoms with Gasteiger partial charge in [0.2, 0.25) is 0 Å². The third-order valence-electron chi connectivity index (χ3n) is 2.59. The fourth-order valence-corrected chi connectivity index (χ4v) is 1.68. The van der Waals surface area contributed by atoms with Gasteiger partial charge in [-0.2, -0.15) is 0 Å². The fraction of sp³-hybridized carbons (Fsp3) is 0.143. The summed E-state index contributed by atoms with van der Waals surface area (Å²) in [5.41, 5.74) is 2.78. The lowest BCUT2D eigenvalue weighted by Crippen LogP contribution is -2.07. The normalized spacial score (nSPS) is 10.1. The first-order chi connectivity index (χ1) is 8.66. The summed E-state index contributed by atoms with van der Waals surface area (Å²) in [4.78, 5) is 15.3. The van der Waals surface area contributed by atoms with Crippen molar-refractivity contribution >= 4 is 11.7 Å². The minimum atomic E-state index is -0.932. The fourth-order valence-electron chi connectivity index (χ4n) is 1.68. The van der Waals surface area contributed by atoms with E-state index in [2.05, 4.69) is 10.3 Å². The Kier molecular flexibility index (Phi) is 3.57. The molecule has 1 heterocycles. The van der Waals surface area contributed by atoms with E-state index < -0.39 is 5.97 Å². The van der Waals surface area contributed by atoms with Crippen LogP contribution in [0.5, 0.6) is 0 Å².